The van der Waals surface area contributed by atoms with Gasteiger partial charge in [-0.25, -0.2) is 0 Å². The van der Waals surface area contributed by atoms with E-state index in [0.29, 0.717) is 5.56 Å². The predicted octanol–water partition coefficient (Wildman–Crippen LogP) is 4.14. The maximum Gasteiger partial charge on any atom is 0.288 e. The van der Waals surface area contributed by atoms with Crippen molar-refractivity contribution >= 4 is 17.3 Å². The Bertz CT molecular complexity index is 596. The smallest absolute Gasteiger partial charge is 0.288 e. The summed E-state index contributed by atoms with van der Waals surface area (Å²) in [5.74, 6) is 0.725. The zero-order valence-electron chi connectivity index (χ0n) is 10.3. The average Bonchev–Trinajstić information content (AvgIpc) is 2.39. The molecule has 0 saturated carbocycles. The summed E-state index contributed by atoms with van der Waals surface area (Å²) in [4.78, 5) is 10.3. The molecule has 19 heavy (non-hydrogen) atoms. The Morgan fingerprint density at radius 3 is 2.53 bits per heavy atom. The fourth-order valence-corrected chi connectivity index (χ4v) is 1.78. The van der Waals surface area contributed by atoms with Gasteiger partial charge in [-0.2, -0.15) is 0 Å². The van der Waals surface area contributed by atoms with Crippen LogP contribution in [-0.4, -0.2) is 4.92 Å². The van der Waals surface area contributed by atoms with Crippen molar-refractivity contribution in [3.63, 3.8) is 0 Å². The molecule has 5 heteroatoms. The number of ether oxygens (including phenoxy) is 1. The first-order valence-corrected chi connectivity index (χ1v) is 6.06. The number of aryl methyl sites for hydroxylation is 1. The Morgan fingerprint density at radius 2 is 1.89 bits per heavy atom. The van der Waals surface area contributed by atoms with Crippen LogP contribution >= 0.6 is 11.6 Å². The molecule has 0 fully saturated rings. The van der Waals surface area contributed by atoms with Gasteiger partial charge in [-0.3, -0.25) is 10.1 Å². The van der Waals surface area contributed by atoms with Gasteiger partial charge in [0.05, 0.1) is 4.92 Å². The Kier molecular flexibility index (Phi) is 4.02. The number of nitro groups is 1. The fraction of sp³-hybridized carbons (Fsp3) is 0.143. The molecule has 0 aliphatic carbocycles. The Labute approximate surface area is 115 Å². The number of hydrogen-bond donors (Lipinski definition) is 0. The molecule has 0 amide bonds. The molecular formula is C14H12ClNO3. The van der Waals surface area contributed by atoms with E-state index < -0.39 is 4.92 Å². The van der Waals surface area contributed by atoms with E-state index in [2.05, 4.69) is 0 Å². The highest BCUT2D eigenvalue weighted by Gasteiger charge is 2.12. The van der Waals surface area contributed by atoms with E-state index in [1.807, 2.05) is 31.2 Å². The van der Waals surface area contributed by atoms with E-state index in [9.17, 15) is 10.1 Å². The Morgan fingerprint density at radius 1 is 1.21 bits per heavy atom. The van der Waals surface area contributed by atoms with Crippen molar-refractivity contribution in [2.45, 2.75) is 13.5 Å². The van der Waals surface area contributed by atoms with Gasteiger partial charge in [-0.05, 0) is 30.7 Å². The van der Waals surface area contributed by atoms with E-state index in [1.165, 1.54) is 12.1 Å². The molecule has 98 valence electrons. The first-order valence-electron chi connectivity index (χ1n) is 5.68. The lowest BCUT2D eigenvalue weighted by molar-refractivity contribution is -0.384. The Balaban J connectivity index is 2.09. The van der Waals surface area contributed by atoms with Gasteiger partial charge >= 0.3 is 0 Å². The van der Waals surface area contributed by atoms with Crippen molar-refractivity contribution in [2.24, 2.45) is 0 Å². The molecule has 0 atom stereocenters. The maximum absolute atomic E-state index is 10.8. The van der Waals surface area contributed by atoms with Crippen molar-refractivity contribution in [3.05, 3.63) is 68.7 Å². The van der Waals surface area contributed by atoms with Crippen molar-refractivity contribution in [3.8, 4) is 5.75 Å². The number of halogens is 1. The molecule has 0 spiro atoms. The average molecular weight is 278 g/mol. The summed E-state index contributed by atoms with van der Waals surface area (Å²) in [5, 5.41) is 10.9. The minimum atomic E-state index is -0.502. The number of rotatable bonds is 4. The lowest BCUT2D eigenvalue weighted by Crippen LogP contribution is -1.97. The van der Waals surface area contributed by atoms with Crippen LogP contribution in [0.15, 0.2) is 42.5 Å². The van der Waals surface area contributed by atoms with Crippen LogP contribution in [0.1, 0.15) is 11.1 Å². The molecule has 0 aliphatic heterocycles. The molecule has 0 radical (unpaired) electrons. The Hall–Kier alpha value is -2.07. The topological polar surface area (TPSA) is 52.4 Å². The molecule has 4 nitrogen and oxygen atoms in total. The molecule has 0 N–H and O–H groups in total. The van der Waals surface area contributed by atoms with Gasteiger partial charge in [0.2, 0.25) is 0 Å². The lowest BCUT2D eigenvalue weighted by Gasteiger charge is -2.06. The second kappa shape index (κ2) is 5.71. The van der Waals surface area contributed by atoms with Crippen LogP contribution in [0.5, 0.6) is 5.75 Å². The van der Waals surface area contributed by atoms with Crippen molar-refractivity contribution in [1.82, 2.24) is 0 Å². The summed E-state index contributed by atoms with van der Waals surface area (Å²) in [5.41, 5.74) is 1.75. The van der Waals surface area contributed by atoms with Crippen molar-refractivity contribution in [2.75, 3.05) is 0 Å². The summed E-state index contributed by atoms with van der Waals surface area (Å²) in [6, 6.07) is 12.3. The minimum absolute atomic E-state index is 0.105. The van der Waals surface area contributed by atoms with E-state index in [0.717, 1.165) is 11.3 Å². The van der Waals surface area contributed by atoms with Crippen molar-refractivity contribution in [1.29, 1.82) is 0 Å². The van der Waals surface area contributed by atoms with Crippen LogP contribution in [-0.2, 0) is 6.61 Å². The molecule has 0 aromatic heterocycles. The van der Waals surface area contributed by atoms with E-state index in [-0.39, 0.29) is 17.3 Å². The highest BCUT2D eigenvalue weighted by atomic mass is 35.5. The van der Waals surface area contributed by atoms with Crippen LogP contribution in [0.4, 0.5) is 5.69 Å². The number of benzene rings is 2. The van der Waals surface area contributed by atoms with Crippen LogP contribution in [0.25, 0.3) is 0 Å². The highest BCUT2D eigenvalue weighted by molar-refractivity contribution is 6.32. The maximum atomic E-state index is 10.8. The van der Waals surface area contributed by atoms with Gasteiger partial charge in [0.1, 0.15) is 17.4 Å². The first kappa shape index (κ1) is 13.4. The standard InChI is InChI=1S/C14H12ClNO3/c1-10-2-5-12(6-3-10)19-9-11-4-7-13(15)14(8-11)16(17)18/h2-8H,9H2,1H3. The molecule has 2 aromatic rings. The van der Waals surface area contributed by atoms with Gasteiger partial charge in [0.15, 0.2) is 0 Å². The van der Waals surface area contributed by atoms with Gasteiger partial charge in [0.25, 0.3) is 5.69 Å². The third-order valence-electron chi connectivity index (χ3n) is 2.63. The van der Waals surface area contributed by atoms with Gasteiger partial charge < -0.3 is 4.74 Å². The number of hydrogen-bond acceptors (Lipinski definition) is 3. The monoisotopic (exact) mass is 277 g/mol. The molecular weight excluding hydrogens is 266 g/mol. The summed E-state index contributed by atoms with van der Waals surface area (Å²) in [6.07, 6.45) is 0. The van der Waals surface area contributed by atoms with Gasteiger partial charge in [-0.1, -0.05) is 35.4 Å². The molecule has 0 bridgehead atoms. The summed E-state index contributed by atoms with van der Waals surface area (Å²) < 4.78 is 5.56. The molecule has 0 aliphatic rings. The zero-order chi connectivity index (χ0) is 13.8. The fourth-order valence-electron chi connectivity index (χ4n) is 1.59. The molecule has 2 aromatic carbocycles. The van der Waals surface area contributed by atoms with Crippen molar-refractivity contribution < 1.29 is 9.66 Å². The molecule has 0 heterocycles. The van der Waals surface area contributed by atoms with Gasteiger partial charge in [0, 0.05) is 6.07 Å². The second-order valence-electron chi connectivity index (χ2n) is 4.14. The number of nitrogens with zero attached hydrogens (tertiary/aromatic N) is 1. The van der Waals surface area contributed by atoms with Crippen LogP contribution < -0.4 is 4.74 Å². The van der Waals surface area contributed by atoms with E-state index in [1.54, 1.807) is 6.07 Å². The third kappa shape index (κ3) is 3.45. The quantitative estimate of drug-likeness (QED) is 0.623. The minimum Gasteiger partial charge on any atom is -0.489 e. The predicted molar refractivity (Wildman–Crippen MR) is 73.6 cm³/mol. The SMILES string of the molecule is Cc1ccc(OCc2ccc(Cl)c([N+](=O)[O-])c2)cc1. The van der Waals surface area contributed by atoms with Crippen LogP contribution in [0.2, 0.25) is 5.02 Å². The summed E-state index contributed by atoms with van der Waals surface area (Å²) >= 11 is 5.74. The summed E-state index contributed by atoms with van der Waals surface area (Å²) in [7, 11) is 0. The first-order chi connectivity index (χ1) is 9.06. The zero-order valence-corrected chi connectivity index (χ0v) is 11.1. The number of nitro benzene ring substituents is 1. The second-order valence-corrected chi connectivity index (χ2v) is 4.55. The van der Waals surface area contributed by atoms with Gasteiger partial charge in [-0.15, -0.1) is 0 Å². The van der Waals surface area contributed by atoms with E-state index in [4.69, 9.17) is 16.3 Å². The third-order valence-corrected chi connectivity index (χ3v) is 2.95. The molecule has 2 rings (SSSR count). The van der Waals surface area contributed by atoms with E-state index >= 15 is 0 Å². The largest absolute Gasteiger partial charge is 0.489 e. The molecule has 0 unspecified atom stereocenters. The molecule has 0 saturated heterocycles. The lowest BCUT2D eigenvalue weighted by atomic mass is 10.2. The summed E-state index contributed by atoms with van der Waals surface area (Å²) in [6.45, 7) is 2.26. The highest BCUT2D eigenvalue weighted by Crippen LogP contribution is 2.25. The van der Waals surface area contributed by atoms with Crippen LogP contribution in [0.3, 0.4) is 0 Å². The normalized spacial score (nSPS) is 10.2. The van der Waals surface area contributed by atoms with Crippen LogP contribution in [0, 0.1) is 17.0 Å².